The zero-order valence-electron chi connectivity index (χ0n) is 6.83. The van der Waals surface area contributed by atoms with Gasteiger partial charge in [-0.05, 0) is 42.5 Å². The minimum Gasteiger partial charge on any atom is -0.330 e. The van der Waals surface area contributed by atoms with Crippen LogP contribution in [0.2, 0.25) is 5.02 Å². The van der Waals surface area contributed by atoms with Crippen LogP contribution in [0.4, 0.5) is 0 Å². The molecule has 64 valence electrons. The Morgan fingerprint density at radius 2 is 2.00 bits per heavy atom. The Morgan fingerprint density at radius 1 is 1.33 bits per heavy atom. The summed E-state index contributed by atoms with van der Waals surface area (Å²) in [7, 11) is 0. The van der Waals surface area contributed by atoms with Crippen LogP contribution in [0.15, 0.2) is 24.3 Å². The average molecular weight is 182 g/mol. The molecule has 0 aliphatic heterocycles. The number of benzene rings is 1. The van der Waals surface area contributed by atoms with E-state index in [9.17, 15) is 0 Å². The molecule has 1 saturated carbocycles. The highest BCUT2D eigenvalue weighted by molar-refractivity contribution is 6.30. The molecule has 2 heteroatoms. The van der Waals surface area contributed by atoms with E-state index in [0.29, 0.717) is 11.8 Å². The van der Waals surface area contributed by atoms with Crippen LogP contribution in [0.5, 0.6) is 0 Å². The van der Waals surface area contributed by atoms with Crippen molar-refractivity contribution in [2.45, 2.75) is 12.3 Å². The van der Waals surface area contributed by atoms with Gasteiger partial charge in [-0.3, -0.25) is 0 Å². The maximum Gasteiger partial charge on any atom is 0.0406 e. The van der Waals surface area contributed by atoms with Crippen molar-refractivity contribution >= 4 is 11.6 Å². The van der Waals surface area contributed by atoms with Gasteiger partial charge in [-0.25, -0.2) is 0 Å². The van der Waals surface area contributed by atoms with Crippen molar-refractivity contribution in [2.75, 3.05) is 6.54 Å². The van der Waals surface area contributed by atoms with Crippen LogP contribution in [-0.2, 0) is 0 Å². The van der Waals surface area contributed by atoms with Gasteiger partial charge in [0.25, 0.3) is 0 Å². The molecule has 0 spiro atoms. The Labute approximate surface area is 77.5 Å². The second-order valence-corrected chi connectivity index (χ2v) is 3.83. The third-order valence-electron chi connectivity index (χ3n) is 2.52. The Morgan fingerprint density at radius 3 is 2.50 bits per heavy atom. The van der Waals surface area contributed by atoms with Crippen molar-refractivity contribution < 1.29 is 0 Å². The molecule has 1 aliphatic rings. The van der Waals surface area contributed by atoms with Crippen molar-refractivity contribution in [1.82, 2.24) is 0 Å². The first-order valence-electron chi connectivity index (χ1n) is 4.27. The second-order valence-electron chi connectivity index (χ2n) is 3.39. The lowest BCUT2D eigenvalue weighted by molar-refractivity contribution is 0.810. The van der Waals surface area contributed by atoms with Gasteiger partial charge in [-0.2, -0.15) is 0 Å². The minimum absolute atomic E-state index is 0.701. The molecule has 1 aromatic carbocycles. The lowest BCUT2D eigenvalue weighted by Crippen LogP contribution is -2.01. The quantitative estimate of drug-likeness (QED) is 0.745. The first-order chi connectivity index (χ1) is 5.81. The molecule has 0 heterocycles. The molecule has 0 unspecified atom stereocenters. The largest absolute Gasteiger partial charge is 0.330 e. The lowest BCUT2D eigenvalue weighted by Gasteiger charge is -1.98. The Balaban J connectivity index is 2.10. The van der Waals surface area contributed by atoms with E-state index < -0.39 is 0 Å². The van der Waals surface area contributed by atoms with Gasteiger partial charge in [0, 0.05) is 5.02 Å². The van der Waals surface area contributed by atoms with Gasteiger partial charge in [-0.1, -0.05) is 23.7 Å². The summed E-state index contributed by atoms with van der Waals surface area (Å²) in [6, 6.07) is 8.09. The van der Waals surface area contributed by atoms with Gasteiger partial charge in [-0.15, -0.1) is 0 Å². The molecule has 1 fully saturated rings. The van der Waals surface area contributed by atoms with Crippen molar-refractivity contribution in [3.05, 3.63) is 34.9 Å². The summed E-state index contributed by atoms with van der Waals surface area (Å²) in [5, 5.41) is 0.809. The molecule has 2 rings (SSSR count). The van der Waals surface area contributed by atoms with E-state index in [4.69, 9.17) is 17.3 Å². The van der Waals surface area contributed by atoms with Gasteiger partial charge in [0.2, 0.25) is 0 Å². The standard InChI is InChI=1S/C10H12ClN/c11-9-3-1-7(2-4-9)10-5-8(10)6-12/h1-4,8,10H,5-6,12H2/t8-,10+/m1/s1. The first kappa shape index (κ1) is 8.09. The smallest absolute Gasteiger partial charge is 0.0406 e. The normalized spacial score (nSPS) is 27.2. The third-order valence-corrected chi connectivity index (χ3v) is 2.78. The summed E-state index contributed by atoms with van der Waals surface area (Å²) < 4.78 is 0. The van der Waals surface area contributed by atoms with E-state index in [0.717, 1.165) is 11.6 Å². The maximum absolute atomic E-state index is 5.78. The van der Waals surface area contributed by atoms with E-state index in [-0.39, 0.29) is 0 Å². The fourth-order valence-electron chi connectivity index (χ4n) is 1.63. The molecule has 0 bridgehead atoms. The van der Waals surface area contributed by atoms with E-state index in [2.05, 4.69) is 12.1 Å². The van der Waals surface area contributed by atoms with E-state index in [1.165, 1.54) is 12.0 Å². The number of halogens is 1. The minimum atomic E-state index is 0.701. The van der Waals surface area contributed by atoms with Gasteiger partial charge in [0.05, 0.1) is 0 Å². The Kier molecular flexibility index (Phi) is 2.07. The number of hydrogen-bond donors (Lipinski definition) is 1. The predicted octanol–water partition coefficient (Wildman–Crippen LogP) is 2.40. The Hall–Kier alpha value is -0.530. The van der Waals surface area contributed by atoms with Crippen molar-refractivity contribution in [3.63, 3.8) is 0 Å². The van der Waals surface area contributed by atoms with Crippen molar-refractivity contribution in [2.24, 2.45) is 11.7 Å². The molecule has 1 aliphatic carbocycles. The fourth-order valence-corrected chi connectivity index (χ4v) is 1.75. The van der Waals surface area contributed by atoms with Crippen LogP contribution in [0.1, 0.15) is 17.9 Å². The topological polar surface area (TPSA) is 26.0 Å². The fraction of sp³-hybridized carbons (Fsp3) is 0.400. The van der Waals surface area contributed by atoms with Crippen LogP contribution in [0.25, 0.3) is 0 Å². The number of rotatable bonds is 2. The van der Waals surface area contributed by atoms with E-state index in [1.807, 2.05) is 12.1 Å². The molecule has 0 radical (unpaired) electrons. The highest BCUT2D eigenvalue weighted by Crippen LogP contribution is 2.46. The molecular weight excluding hydrogens is 170 g/mol. The average Bonchev–Trinajstić information content (AvgIpc) is 2.85. The van der Waals surface area contributed by atoms with Crippen molar-refractivity contribution in [1.29, 1.82) is 0 Å². The van der Waals surface area contributed by atoms with E-state index >= 15 is 0 Å². The molecule has 2 N–H and O–H groups in total. The zero-order chi connectivity index (χ0) is 8.55. The summed E-state index contributed by atoms with van der Waals surface area (Å²) in [6.07, 6.45) is 1.25. The summed E-state index contributed by atoms with van der Waals surface area (Å²) >= 11 is 5.78. The monoisotopic (exact) mass is 181 g/mol. The molecule has 2 atom stereocenters. The lowest BCUT2D eigenvalue weighted by atomic mass is 10.1. The SMILES string of the molecule is NC[C@H]1C[C@H]1c1ccc(Cl)cc1. The third kappa shape index (κ3) is 1.47. The molecule has 0 amide bonds. The Bertz CT molecular complexity index is 268. The van der Waals surface area contributed by atoms with Gasteiger partial charge < -0.3 is 5.73 Å². The molecule has 1 aromatic rings. The highest BCUT2D eigenvalue weighted by Gasteiger charge is 2.36. The van der Waals surface area contributed by atoms with Gasteiger partial charge in [0.1, 0.15) is 0 Å². The summed E-state index contributed by atoms with van der Waals surface area (Å²) in [5.41, 5.74) is 6.95. The molecule has 0 aromatic heterocycles. The highest BCUT2D eigenvalue weighted by atomic mass is 35.5. The first-order valence-corrected chi connectivity index (χ1v) is 4.64. The van der Waals surface area contributed by atoms with Crippen LogP contribution >= 0.6 is 11.6 Å². The van der Waals surface area contributed by atoms with Crippen LogP contribution in [-0.4, -0.2) is 6.54 Å². The molecule has 1 nitrogen and oxygen atoms in total. The predicted molar refractivity (Wildman–Crippen MR) is 51.4 cm³/mol. The number of nitrogens with two attached hydrogens (primary N) is 1. The van der Waals surface area contributed by atoms with E-state index in [1.54, 1.807) is 0 Å². The summed E-state index contributed by atoms with van der Waals surface area (Å²) in [4.78, 5) is 0. The molecular formula is C10H12ClN. The van der Waals surface area contributed by atoms with Crippen LogP contribution in [0, 0.1) is 5.92 Å². The van der Waals surface area contributed by atoms with Crippen LogP contribution in [0.3, 0.4) is 0 Å². The second kappa shape index (κ2) is 3.08. The number of hydrogen-bond acceptors (Lipinski definition) is 1. The summed E-state index contributed by atoms with van der Waals surface area (Å²) in [5.74, 6) is 1.42. The molecule has 0 saturated heterocycles. The zero-order valence-corrected chi connectivity index (χ0v) is 7.59. The van der Waals surface area contributed by atoms with Crippen LogP contribution < -0.4 is 5.73 Å². The van der Waals surface area contributed by atoms with Gasteiger partial charge in [0.15, 0.2) is 0 Å². The summed E-state index contributed by atoms with van der Waals surface area (Å²) in [6.45, 7) is 0.813. The molecule has 12 heavy (non-hydrogen) atoms. The maximum atomic E-state index is 5.78. The van der Waals surface area contributed by atoms with Gasteiger partial charge >= 0.3 is 0 Å². The van der Waals surface area contributed by atoms with Crippen molar-refractivity contribution in [3.8, 4) is 0 Å².